The van der Waals surface area contributed by atoms with Gasteiger partial charge in [0.15, 0.2) is 0 Å². The van der Waals surface area contributed by atoms with E-state index in [1.54, 1.807) is 12.1 Å². The van der Waals surface area contributed by atoms with Gasteiger partial charge in [-0.1, -0.05) is 43.3 Å². The predicted molar refractivity (Wildman–Crippen MR) is 99.1 cm³/mol. The Morgan fingerprint density at radius 1 is 1.12 bits per heavy atom. The topological polar surface area (TPSA) is 58.2 Å². The number of nitrogens with one attached hydrogen (secondary N) is 2. The van der Waals surface area contributed by atoms with Crippen LogP contribution in [-0.4, -0.2) is 21.5 Å². The highest BCUT2D eigenvalue weighted by atomic mass is 35.5. The SMILES string of the molecule is CCc1ccc(S(=O)(=O)NCC2NCCc3ccccc32)cc1.Cl. The fourth-order valence-corrected chi connectivity index (χ4v) is 4.00. The zero-order valence-electron chi connectivity index (χ0n) is 13.7. The molecule has 0 bridgehead atoms. The zero-order valence-corrected chi connectivity index (χ0v) is 15.3. The van der Waals surface area contributed by atoms with Crippen molar-refractivity contribution in [3.05, 3.63) is 65.2 Å². The van der Waals surface area contributed by atoms with Crippen LogP contribution in [0.2, 0.25) is 0 Å². The molecule has 0 saturated carbocycles. The number of hydrogen-bond acceptors (Lipinski definition) is 3. The summed E-state index contributed by atoms with van der Waals surface area (Å²) in [4.78, 5) is 0.318. The number of hydrogen-bond donors (Lipinski definition) is 2. The highest BCUT2D eigenvalue weighted by Gasteiger charge is 2.22. The highest BCUT2D eigenvalue weighted by Crippen LogP contribution is 2.22. The first-order chi connectivity index (χ1) is 11.1. The molecule has 1 atom stereocenters. The lowest BCUT2D eigenvalue weighted by Crippen LogP contribution is -2.38. The molecule has 4 nitrogen and oxygen atoms in total. The van der Waals surface area contributed by atoms with Crippen LogP contribution in [0, 0.1) is 0 Å². The van der Waals surface area contributed by atoms with Crippen LogP contribution in [0.4, 0.5) is 0 Å². The molecule has 0 spiro atoms. The van der Waals surface area contributed by atoms with E-state index in [0.29, 0.717) is 11.4 Å². The number of sulfonamides is 1. The normalized spacial score (nSPS) is 17.0. The van der Waals surface area contributed by atoms with Crippen molar-refractivity contribution in [1.29, 1.82) is 0 Å². The third kappa shape index (κ3) is 4.16. The van der Waals surface area contributed by atoms with Crippen LogP contribution < -0.4 is 10.0 Å². The quantitative estimate of drug-likeness (QED) is 0.855. The van der Waals surface area contributed by atoms with E-state index in [4.69, 9.17) is 0 Å². The van der Waals surface area contributed by atoms with E-state index >= 15 is 0 Å². The summed E-state index contributed by atoms with van der Waals surface area (Å²) in [7, 11) is -3.48. The van der Waals surface area contributed by atoms with Gasteiger partial charge in [-0.2, -0.15) is 0 Å². The summed E-state index contributed by atoms with van der Waals surface area (Å²) in [6.45, 7) is 3.28. The molecule has 1 unspecified atom stereocenters. The molecule has 0 radical (unpaired) electrons. The van der Waals surface area contributed by atoms with Gasteiger partial charge < -0.3 is 5.32 Å². The maximum atomic E-state index is 12.4. The number of rotatable bonds is 5. The Labute approximate surface area is 150 Å². The van der Waals surface area contributed by atoms with Gasteiger partial charge in [0.25, 0.3) is 0 Å². The summed E-state index contributed by atoms with van der Waals surface area (Å²) in [6.07, 6.45) is 1.88. The van der Waals surface area contributed by atoms with Crippen molar-refractivity contribution < 1.29 is 8.42 Å². The number of aryl methyl sites for hydroxylation is 1. The average molecular weight is 367 g/mol. The van der Waals surface area contributed by atoms with Crippen LogP contribution in [0.5, 0.6) is 0 Å². The van der Waals surface area contributed by atoms with Crippen molar-refractivity contribution in [3.8, 4) is 0 Å². The lowest BCUT2D eigenvalue weighted by molar-refractivity contribution is 0.491. The largest absolute Gasteiger partial charge is 0.308 e. The summed E-state index contributed by atoms with van der Waals surface area (Å²) in [6, 6.07) is 15.3. The van der Waals surface area contributed by atoms with Crippen molar-refractivity contribution in [2.24, 2.45) is 0 Å². The third-order valence-corrected chi connectivity index (χ3v) is 5.77. The van der Waals surface area contributed by atoms with Crippen LogP contribution in [0.25, 0.3) is 0 Å². The molecule has 2 aromatic rings. The molecular formula is C18H23ClN2O2S. The minimum atomic E-state index is -3.48. The summed E-state index contributed by atoms with van der Waals surface area (Å²) in [5.41, 5.74) is 3.61. The molecule has 1 heterocycles. The molecule has 0 saturated heterocycles. The van der Waals surface area contributed by atoms with Crippen LogP contribution >= 0.6 is 12.4 Å². The zero-order chi connectivity index (χ0) is 16.3. The molecule has 0 amide bonds. The Morgan fingerprint density at radius 3 is 2.54 bits per heavy atom. The van der Waals surface area contributed by atoms with E-state index in [1.807, 2.05) is 31.2 Å². The minimum Gasteiger partial charge on any atom is -0.308 e. The fraction of sp³-hybridized carbons (Fsp3) is 0.333. The maximum absolute atomic E-state index is 12.4. The molecule has 130 valence electrons. The van der Waals surface area contributed by atoms with Crippen molar-refractivity contribution in [3.63, 3.8) is 0 Å². The molecule has 0 fully saturated rings. The molecule has 0 aromatic heterocycles. The average Bonchev–Trinajstić information content (AvgIpc) is 2.60. The van der Waals surface area contributed by atoms with E-state index in [9.17, 15) is 8.42 Å². The molecular weight excluding hydrogens is 344 g/mol. The van der Waals surface area contributed by atoms with E-state index in [2.05, 4.69) is 22.2 Å². The summed E-state index contributed by atoms with van der Waals surface area (Å²) in [5, 5.41) is 3.39. The van der Waals surface area contributed by atoms with Gasteiger partial charge in [-0.25, -0.2) is 13.1 Å². The molecule has 6 heteroatoms. The van der Waals surface area contributed by atoms with E-state index in [-0.39, 0.29) is 18.4 Å². The first kappa shape index (κ1) is 18.9. The van der Waals surface area contributed by atoms with Crippen molar-refractivity contribution in [2.45, 2.75) is 30.7 Å². The second kappa shape index (κ2) is 8.12. The van der Waals surface area contributed by atoms with Crippen LogP contribution in [0.1, 0.15) is 29.7 Å². The van der Waals surface area contributed by atoms with Gasteiger partial charge in [0, 0.05) is 12.6 Å². The van der Waals surface area contributed by atoms with Gasteiger partial charge >= 0.3 is 0 Å². The fourth-order valence-electron chi connectivity index (χ4n) is 2.96. The first-order valence-electron chi connectivity index (χ1n) is 8.00. The number of benzene rings is 2. The Balaban J connectivity index is 0.00000208. The Morgan fingerprint density at radius 2 is 1.83 bits per heavy atom. The van der Waals surface area contributed by atoms with E-state index < -0.39 is 10.0 Å². The lowest BCUT2D eigenvalue weighted by atomic mass is 9.95. The smallest absolute Gasteiger partial charge is 0.240 e. The Hall–Kier alpha value is -1.40. The molecule has 24 heavy (non-hydrogen) atoms. The standard InChI is InChI=1S/C18H22N2O2S.ClH/c1-2-14-7-9-16(10-8-14)23(21,22)20-13-18-17-6-4-3-5-15(17)11-12-19-18;/h3-10,18-20H,2,11-13H2,1H3;1H. The Bertz CT molecular complexity index is 776. The predicted octanol–water partition coefficient (Wildman–Crippen LogP) is 2.84. The van der Waals surface area contributed by atoms with Crippen LogP contribution in [0.15, 0.2) is 53.4 Å². The molecule has 1 aliphatic heterocycles. The van der Waals surface area contributed by atoms with Crippen LogP contribution in [-0.2, 0) is 22.9 Å². The first-order valence-corrected chi connectivity index (χ1v) is 9.48. The van der Waals surface area contributed by atoms with E-state index in [1.165, 1.54) is 11.1 Å². The summed E-state index contributed by atoms with van der Waals surface area (Å²) >= 11 is 0. The monoisotopic (exact) mass is 366 g/mol. The van der Waals surface area contributed by atoms with Crippen molar-refractivity contribution >= 4 is 22.4 Å². The summed E-state index contributed by atoms with van der Waals surface area (Å²) in [5.74, 6) is 0. The van der Waals surface area contributed by atoms with Crippen molar-refractivity contribution in [1.82, 2.24) is 10.0 Å². The van der Waals surface area contributed by atoms with Gasteiger partial charge in [-0.3, -0.25) is 0 Å². The molecule has 1 aliphatic rings. The van der Waals surface area contributed by atoms with Gasteiger partial charge in [0.05, 0.1) is 4.90 Å². The molecule has 3 rings (SSSR count). The van der Waals surface area contributed by atoms with Gasteiger partial charge in [0.1, 0.15) is 0 Å². The van der Waals surface area contributed by atoms with Gasteiger partial charge in [-0.05, 0) is 48.2 Å². The van der Waals surface area contributed by atoms with E-state index in [0.717, 1.165) is 24.9 Å². The molecule has 2 aromatic carbocycles. The summed E-state index contributed by atoms with van der Waals surface area (Å²) < 4.78 is 27.6. The second-order valence-electron chi connectivity index (χ2n) is 5.80. The van der Waals surface area contributed by atoms with Gasteiger partial charge in [-0.15, -0.1) is 12.4 Å². The second-order valence-corrected chi connectivity index (χ2v) is 7.57. The van der Waals surface area contributed by atoms with Crippen LogP contribution in [0.3, 0.4) is 0 Å². The number of halogens is 1. The van der Waals surface area contributed by atoms with Gasteiger partial charge in [0.2, 0.25) is 10.0 Å². The van der Waals surface area contributed by atoms with Crippen molar-refractivity contribution in [2.75, 3.05) is 13.1 Å². The maximum Gasteiger partial charge on any atom is 0.240 e. The number of fused-ring (bicyclic) bond motifs is 1. The molecule has 2 N–H and O–H groups in total. The minimum absolute atomic E-state index is 0. The Kier molecular flexibility index (Phi) is 6.40. The highest BCUT2D eigenvalue weighted by molar-refractivity contribution is 7.89. The molecule has 0 aliphatic carbocycles. The third-order valence-electron chi connectivity index (χ3n) is 4.33. The lowest BCUT2D eigenvalue weighted by Gasteiger charge is -2.27.